The number of aromatic nitrogens is 2. The van der Waals surface area contributed by atoms with E-state index in [-0.39, 0.29) is 11.8 Å². The summed E-state index contributed by atoms with van der Waals surface area (Å²) in [6, 6.07) is 7.93. The summed E-state index contributed by atoms with van der Waals surface area (Å²) >= 11 is 0. The summed E-state index contributed by atoms with van der Waals surface area (Å²) < 4.78 is 2.04. The van der Waals surface area contributed by atoms with E-state index in [1.54, 1.807) is 6.92 Å². The minimum absolute atomic E-state index is 0.122. The number of benzene rings is 1. The zero-order valence-electron chi connectivity index (χ0n) is 16.9. The number of aryl methyl sites for hydroxylation is 1. The lowest BCUT2D eigenvalue weighted by Crippen LogP contribution is -2.40. The smallest absolute Gasteiger partial charge is 0.246 e. The van der Waals surface area contributed by atoms with Crippen molar-refractivity contribution in [2.24, 2.45) is 5.92 Å². The van der Waals surface area contributed by atoms with Crippen LogP contribution in [0.25, 0.3) is 11.0 Å². The van der Waals surface area contributed by atoms with Gasteiger partial charge in [-0.3, -0.25) is 9.59 Å². The standard InChI is InChI=1S/C22H30N4O2/c1-16(2)22(28)23-12-6-9-20-24-18-7-4-5-8-19(18)26(20)15-21(27)25-13-10-17(3)11-14-25/h4-5,7-8,17H,1,6,9-15H2,2-3H3,(H,23,28). The van der Waals surface area contributed by atoms with E-state index in [4.69, 9.17) is 4.98 Å². The number of nitrogens with zero attached hydrogens (tertiary/aromatic N) is 3. The summed E-state index contributed by atoms with van der Waals surface area (Å²) in [7, 11) is 0. The molecule has 28 heavy (non-hydrogen) atoms. The Hall–Kier alpha value is -2.63. The van der Waals surface area contributed by atoms with Crippen molar-refractivity contribution in [3.63, 3.8) is 0 Å². The van der Waals surface area contributed by atoms with Crippen LogP contribution in [0.2, 0.25) is 0 Å². The first kappa shape index (κ1) is 20.1. The van der Waals surface area contributed by atoms with Crippen LogP contribution in [0.4, 0.5) is 0 Å². The number of fused-ring (bicyclic) bond motifs is 1. The molecule has 1 aliphatic rings. The van der Waals surface area contributed by atoms with E-state index in [2.05, 4.69) is 18.8 Å². The Morgan fingerprint density at radius 2 is 1.96 bits per heavy atom. The summed E-state index contributed by atoms with van der Waals surface area (Å²) in [6.45, 7) is 10.2. The summed E-state index contributed by atoms with van der Waals surface area (Å²) in [6.07, 6.45) is 3.62. The molecule has 2 amide bonds. The molecule has 0 radical (unpaired) electrons. The maximum atomic E-state index is 12.9. The van der Waals surface area contributed by atoms with Crippen LogP contribution in [0.15, 0.2) is 36.4 Å². The van der Waals surface area contributed by atoms with Crippen molar-refractivity contribution in [2.75, 3.05) is 19.6 Å². The monoisotopic (exact) mass is 382 g/mol. The Morgan fingerprint density at radius 3 is 2.68 bits per heavy atom. The molecule has 3 rings (SSSR count). The van der Waals surface area contributed by atoms with Gasteiger partial charge in [-0.25, -0.2) is 4.98 Å². The number of nitrogens with one attached hydrogen (secondary N) is 1. The molecule has 1 aromatic heterocycles. The van der Waals surface area contributed by atoms with Crippen molar-refractivity contribution >= 4 is 22.8 Å². The number of hydrogen-bond acceptors (Lipinski definition) is 3. The Labute approximate surface area is 166 Å². The Balaban J connectivity index is 1.69. The second kappa shape index (κ2) is 9.04. The van der Waals surface area contributed by atoms with E-state index in [0.29, 0.717) is 31.0 Å². The molecule has 6 nitrogen and oxygen atoms in total. The minimum atomic E-state index is -0.122. The van der Waals surface area contributed by atoms with Gasteiger partial charge < -0.3 is 14.8 Å². The lowest BCUT2D eigenvalue weighted by Gasteiger charge is -2.30. The van der Waals surface area contributed by atoms with Crippen LogP contribution in [0.3, 0.4) is 0 Å². The molecule has 0 bridgehead atoms. The number of rotatable bonds is 7. The van der Waals surface area contributed by atoms with Gasteiger partial charge in [0.2, 0.25) is 11.8 Å². The quantitative estimate of drug-likeness (QED) is 0.591. The Bertz CT molecular complexity index is 863. The first-order valence-corrected chi connectivity index (χ1v) is 10.1. The molecule has 1 N–H and O–H groups in total. The number of para-hydroxylation sites is 2. The molecule has 1 saturated heterocycles. The van der Waals surface area contributed by atoms with Gasteiger partial charge in [-0.1, -0.05) is 25.6 Å². The van der Waals surface area contributed by atoms with Crippen LogP contribution < -0.4 is 5.32 Å². The van der Waals surface area contributed by atoms with Crippen LogP contribution in [0, 0.1) is 5.92 Å². The predicted molar refractivity (Wildman–Crippen MR) is 111 cm³/mol. The maximum Gasteiger partial charge on any atom is 0.246 e. The average molecular weight is 383 g/mol. The third-order valence-electron chi connectivity index (χ3n) is 5.41. The van der Waals surface area contributed by atoms with Crippen LogP contribution in [0.1, 0.15) is 38.9 Å². The zero-order valence-corrected chi connectivity index (χ0v) is 16.9. The van der Waals surface area contributed by atoms with E-state index in [1.807, 2.05) is 33.7 Å². The Morgan fingerprint density at radius 1 is 1.25 bits per heavy atom. The number of carbonyl (C=O) groups excluding carboxylic acids is 2. The maximum absolute atomic E-state index is 12.9. The van der Waals surface area contributed by atoms with Gasteiger partial charge in [0.15, 0.2) is 0 Å². The van der Waals surface area contributed by atoms with Gasteiger partial charge in [0.1, 0.15) is 12.4 Å². The number of amides is 2. The molecule has 6 heteroatoms. The number of likely N-dealkylation sites (tertiary alicyclic amines) is 1. The van der Waals surface area contributed by atoms with E-state index >= 15 is 0 Å². The second-order valence-corrected chi connectivity index (χ2v) is 7.81. The minimum Gasteiger partial charge on any atom is -0.352 e. The molecule has 0 spiro atoms. The molecule has 0 unspecified atom stereocenters. The molecule has 1 fully saturated rings. The average Bonchev–Trinajstić information content (AvgIpc) is 3.03. The number of carbonyl (C=O) groups is 2. The fourth-order valence-electron chi connectivity index (χ4n) is 3.59. The Kier molecular flexibility index (Phi) is 6.49. The fourth-order valence-corrected chi connectivity index (χ4v) is 3.59. The number of imidazole rings is 1. The molecule has 150 valence electrons. The molecule has 0 atom stereocenters. The van der Waals surface area contributed by atoms with Crippen LogP contribution >= 0.6 is 0 Å². The normalized spacial score (nSPS) is 15.0. The van der Waals surface area contributed by atoms with E-state index in [0.717, 1.165) is 49.2 Å². The van der Waals surface area contributed by atoms with Crippen molar-refractivity contribution in [3.8, 4) is 0 Å². The summed E-state index contributed by atoms with van der Waals surface area (Å²) in [5, 5.41) is 2.85. The molecule has 0 saturated carbocycles. The second-order valence-electron chi connectivity index (χ2n) is 7.81. The van der Waals surface area contributed by atoms with E-state index in [1.165, 1.54) is 0 Å². The van der Waals surface area contributed by atoms with Gasteiger partial charge in [-0.15, -0.1) is 0 Å². The predicted octanol–water partition coefficient (Wildman–Crippen LogP) is 2.92. The van der Waals surface area contributed by atoms with Crippen molar-refractivity contribution in [2.45, 2.75) is 46.1 Å². The molecular weight excluding hydrogens is 352 g/mol. The van der Waals surface area contributed by atoms with Gasteiger partial charge >= 0.3 is 0 Å². The van der Waals surface area contributed by atoms with Crippen molar-refractivity contribution < 1.29 is 9.59 Å². The SMILES string of the molecule is C=C(C)C(=O)NCCCc1nc2ccccc2n1CC(=O)N1CCC(C)CC1. The molecule has 1 aromatic carbocycles. The van der Waals surface area contributed by atoms with Crippen molar-refractivity contribution in [3.05, 3.63) is 42.2 Å². The largest absolute Gasteiger partial charge is 0.352 e. The zero-order chi connectivity index (χ0) is 20.1. The van der Waals surface area contributed by atoms with E-state index < -0.39 is 0 Å². The van der Waals surface area contributed by atoms with Gasteiger partial charge in [0, 0.05) is 31.6 Å². The lowest BCUT2D eigenvalue weighted by atomic mass is 9.99. The third kappa shape index (κ3) is 4.80. The molecule has 2 aromatic rings. The van der Waals surface area contributed by atoms with Crippen LogP contribution in [0.5, 0.6) is 0 Å². The third-order valence-corrected chi connectivity index (χ3v) is 5.41. The summed E-state index contributed by atoms with van der Waals surface area (Å²) in [4.78, 5) is 31.2. The summed E-state index contributed by atoms with van der Waals surface area (Å²) in [5.41, 5.74) is 2.40. The highest BCUT2D eigenvalue weighted by Crippen LogP contribution is 2.20. The van der Waals surface area contributed by atoms with Crippen molar-refractivity contribution in [1.29, 1.82) is 0 Å². The lowest BCUT2D eigenvalue weighted by molar-refractivity contribution is -0.133. The molecule has 1 aliphatic heterocycles. The topological polar surface area (TPSA) is 67.2 Å². The van der Waals surface area contributed by atoms with Crippen LogP contribution in [-0.2, 0) is 22.6 Å². The van der Waals surface area contributed by atoms with Crippen LogP contribution in [-0.4, -0.2) is 45.9 Å². The highest BCUT2D eigenvalue weighted by molar-refractivity contribution is 5.92. The van der Waals surface area contributed by atoms with E-state index in [9.17, 15) is 9.59 Å². The number of piperidine rings is 1. The molecule has 0 aliphatic carbocycles. The first-order chi connectivity index (χ1) is 13.5. The highest BCUT2D eigenvalue weighted by Gasteiger charge is 2.22. The van der Waals surface area contributed by atoms with Gasteiger partial charge in [-0.2, -0.15) is 0 Å². The van der Waals surface area contributed by atoms with Gasteiger partial charge in [0.25, 0.3) is 0 Å². The van der Waals surface area contributed by atoms with Gasteiger partial charge in [0.05, 0.1) is 11.0 Å². The fraction of sp³-hybridized carbons (Fsp3) is 0.500. The summed E-state index contributed by atoms with van der Waals surface area (Å²) in [5.74, 6) is 1.63. The number of hydrogen-bond donors (Lipinski definition) is 1. The van der Waals surface area contributed by atoms with Crippen molar-refractivity contribution in [1.82, 2.24) is 19.8 Å². The van der Waals surface area contributed by atoms with Gasteiger partial charge in [-0.05, 0) is 44.2 Å². The molecule has 2 heterocycles. The highest BCUT2D eigenvalue weighted by atomic mass is 16.2. The molecular formula is C22H30N4O2. The first-order valence-electron chi connectivity index (χ1n) is 10.1.